The molecule has 1 aromatic heterocycles. The summed E-state index contributed by atoms with van der Waals surface area (Å²) in [6.45, 7) is 0. The largest absolute Gasteiger partial charge is 0.369 e. The predicted octanol–water partition coefficient (Wildman–Crippen LogP) is 3.79. The van der Waals surface area contributed by atoms with Crippen molar-refractivity contribution < 1.29 is 13.2 Å². The minimum absolute atomic E-state index is 0.0111. The first-order chi connectivity index (χ1) is 9.47. The summed E-state index contributed by atoms with van der Waals surface area (Å²) in [4.78, 5) is 3.97. The lowest BCUT2D eigenvalue weighted by atomic mass is 10.2. The van der Waals surface area contributed by atoms with Crippen LogP contribution in [0.5, 0.6) is 0 Å². The standard InChI is InChI=1S/C13H7BrF3N3/c14-7-4-12(9(17)5-8(7)16)20-11-2-1-6(15)3-10(11)19-13(20)18/h1-5H,(H2,18,19). The third kappa shape index (κ3) is 1.94. The summed E-state index contributed by atoms with van der Waals surface area (Å²) in [6, 6.07) is 5.85. The van der Waals surface area contributed by atoms with Crippen LogP contribution in [0.3, 0.4) is 0 Å². The molecule has 3 rings (SSSR count). The van der Waals surface area contributed by atoms with Gasteiger partial charge in [-0.05, 0) is 34.1 Å². The van der Waals surface area contributed by atoms with Gasteiger partial charge in [0.15, 0.2) is 0 Å². The van der Waals surface area contributed by atoms with E-state index in [-0.39, 0.29) is 16.1 Å². The number of hydrogen-bond acceptors (Lipinski definition) is 2. The van der Waals surface area contributed by atoms with Crippen LogP contribution in [0.2, 0.25) is 0 Å². The number of aromatic nitrogens is 2. The molecule has 0 amide bonds. The Morgan fingerprint density at radius 1 is 1.05 bits per heavy atom. The van der Waals surface area contributed by atoms with Crippen molar-refractivity contribution in [3.8, 4) is 5.69 Å². The van der Waals surface area contributed by atoms with Crippen LogP contribution in [-0.2, 0) is 0 Å². The number of rotatable bonds is 1. The zero-order valence-electron chi connectivity index (χ0n) is 9.87. The average Bonchev–Trinajstić information content (AvgIpc) is 2.69. The smallest absolute Gasteiger partial charge is 0.206 e. The van der Waals surface area contributed by atoms with Crippen molar-refractivity contribution in [2.45, 2.75) is 0 Å². The van der Waals surface area contributed by atoms with E-state index in [0.717, 1.165) is 6.07 Å². The fourth-order valence-electron chi connectivity index (χ4n) is 2.01. The van der Waals surface area contributed by atoms with Gasteiger partial charge in [0, 0.05) is 12.1 Å². The third-order valence-electron chi connectivity index (χ3n) is 2.87. The fraction of sp³-hybridized carbons (Fsp3) is 0. The van der Waals surface area contributed by atoms with E-state index >= 15 is 0 Å². The summed E-state index contributed by atoms with van der Waals surface area (Å²) in [5.74, 6) is -1.99. The van der Waals surface area contributed by atoms with E-state index in [1.54, 1.807) is 0 Å². The summed E-state index contributed by atoms with van der Waals surface area (Å²) in [5, 5.41) is 0. The van der Waals surface area contributed by atoms with Crippen molar-refractivity contribution in [2.75, 3.05) is 5.73 Å². The first-order valence-electron chi connectivity index (χ1n) is 5.56. The molecule has 0 atom stereocenters. The Hall–Kier alpha value is -2.02. The highest BCUT2D eigenvalue weighted by molar-refractivity contribution is 9.10. The van der Waals surface area contributed by atoms with Crippen molar-refractivity contribution in [1.82, 2.24) is 9.55 Å². The minimum Gasteiger partial charge on any atom is -0.369 e. The molecule has 3 aromatic rings. The van der Waals surface area contributed by atoms with Crippen LogP contribution in [0.25, 0.3) is 16.7 Å². The Balaban J connectivity index is 2.35. The molecule has 1 heterocycles. The number of anilines is 1. The SMILES string of the molecule is Nc1nc2cc(F)ccc2n1-c1cc(Br)c(F)cc1F. The van der Waals surface area contributed by atoms with E-state index in [1.165, 1.54) is 28.8 Å². The molecule has 0 radical (unpaired) electrons. The van der Waals surface area contributed by atoms with Crippen LogP contribution in [-0.4, -0.2) is 9.55 Å². The highest BCUT2D eigenvalue weighted by Crippen LogP contribution is 2.28. The fourth-order valence-corrected chi connectivity index (χ4v) is 2.34. The molecule has 0 aliphatic rings. The highest BCUT2D eigenvalue weighted by Gasteiger charge is 2.16. The monoisotopic (exact) mass is 341 g/mol. The highest BCUT2D eigenvalue weighted by atomic mass is 79.9. The number of nitrogen functional groups attached to an aromatic ring is 1. The molecule has 0 bridgehead atoms. The minimum atomic E-state index is -0.791. The summed E-state index contributed by atoms with van der Waals surface area (Å²) >= 11 is 2.99. The van der Waals surface area contributed by atoms with E-state index in [9.17, 15) is 13.2 Å². The lowest BCUT2D eigenvalue weighted by molar-refractivity contribution is 0.574. The maximum Gasteiger partial charge on any atom is 0.206 e. The van der Waals surface area contributed by atoms with Gasteiger partial charge in [-0.1, -0.05) is 0 Å². The number of halogens is 4. The van der Waals surface area contributed by atoms with Gasteiger partial charge in [0.2, 0.25) is 5.95 Å². The maximum absolute atomic E-state index is 13.9. The van der Waals surface area contributed by atoms with Gasteiger partial charge in [0.05, 0.1) is 21.2 Å². The van der Waals surface area contributed by atoms with E-state index in [2.05, 4.69) is 20.9 Å². The van der Waals surface area contributed by atoms with E-state index in [0.29, 0.717) is 11.0 Å². The van der Waals surface area contributed by atoms with Gasteiger partial charge in [-0.15, -0.1) is 0 Å². The predicted molar refractivity (Wildman–Crippen MR) is 73.1 cm³/mol. The molecule has 0 aliphatic heterocycles. The summed E-state index contributed by atoms with van der Waals surface area (Å²) in [6.07, 6.45) is 0. The molecule has 0 fully saturated rings. The van der Waals surface area contributed by atoms with Crippen molar-refractivity contribution >= 4 is 32.9 Å². The number of imidazole rings is 1. The van der Waals surface area contributed by atoms with Crippen molar-refractivity contribution in [3.05, 3.63) is 52.3 Å². The first-order valence-corrected chi connectivity index (χ1v) is 6.35. The van der Waals surface area contributed by atoms with Crippen LogP contribution < -0.4 is 5.73 Å². The second-order valence-corrected chi connectivity index (χ2v) is 5.01. The van der Waals surface area contributed by atoms with Crippen LogP contribution in [0.1, 0.15) is 0 Å². The molecule has 0 aliphatic carbocycles. The zero-order chi connectivity index (χ0) is 14.4. The number of nitrogens with zero attached hydrogens (tertiary/aromatic N) is 2. The molecular formula is C13H7BrF3N3. The van der Waals surface area contributed by atoms with Crippen molar-refractivity contribution in [2.24, 2.45) is 0 Å². The lowest BCUT2D eigenvalue weighted by Crippen LogP contribution is -2.03. The van der Waals surface area contributed by atoms with Crippen LogP contribution in [0.4, 0.5) is 19.1 Å². The van der Waals surface area contributed by atoms with Crippen LogP contribution in [0.15, 0.2) is 34.8 Å². The van der Waals surface area contributed by atoms with Gasteiger partial charge in [-0.2, -0.15) is 0 Å². The topological polar surface area (TPSA) is 43.8 Å². The molecule has 0 saturated carbocycles. The number of fused-ring (bicyclic) bond motifs is 1. The van der Waals surface area contributed by atoms with Crippen molar-refractivity contribution in [3.63, 3.8) is 0 Å². The van der Waals surface area contributed by atoms with Crippen LogP contribution >= 0.6 is 15.9 Å². The van der Waals surface area contributed by atoms with Gasteiger partial charge in [-0.25, -0.2) is 18.2 Å². The van der Waals surface area contributed by atoms with E-state index in [4.69, 9.17) is 5.73 Å². The molecule has 3 nitrogen and oxygen atoms in total. The molecule has 2 N–H and O–H groups in total. The van der Waals surface area contributed by atoms with E-state index < -0.39 is 17.5 Å². The van der Waals surface area contributed by atoms with Gasteiger partial charge < -0.3 is 5.73 Å². The van der Waals surface area contributed by atoms with E-state index in [1.807, 2.05) is 0 Å². The molecule has 102 valence electrons. The molecule has 0 saturated heterocycles. The Morgan fingerprint density at radius 2 is 1.80 bits per heavy atom. The zero-order valence-corrected chi connectivity index (χ0v) is 11.5. The number of hydrogen-bond donors (Lipinski definition) is 1. The molecule has 7 heteroatoms. The Kier molecular flexibility index (Phi) is 2.93. The molecule has 20 heavy (non-hydrogen) atoms. The number of benzene rings is 2. The maximum atomic E-state index is 13.9. The Bertz CT molecular complexity index is 829. The van der Waals surface area contributed by atoms with Gasteiger partial charge in [0.1, 0.15) is 17.5 Å². The second-order valence-electron chi connectivity index (χ2n) is 4.16. The number of nitrogens with two attached hydrogens (primary N) is 1. The Morgan fingerprint density at radius 3 is 2.55 bits per heavy atom. The average molecular weight is 342 g/mol. The molecular weight excluding hydrogens is 335 g/mol. The van der Waals surface area contributed by atoms with Crippen LogP contribution in [0, 0.1) is 17.5 Å². The molecule has 2 aromatic carbocycles. The van der Waals surface area contributed by atoms with Gasteiger partial charge >= 0.3 is 0 Å². The molecule has 0 unspecified atom stereocenters. The normalized spacial score (nSPS) is 11.2. The quantitative estimate of drug-likeness (QED) is 0.684. The third-order valence-corrected chi connectivity index (χ3v) is 3.48. The summed E-state index contributed by atoms with van der Waals surface area (Å²) < 4.78 is 41.8. The summed E-state index contributed by atoms with van der Waals surface area (Å²) in [7, 11) is 0. The molecule has 0 spiro atoms. The lowest BCUT2D eigenvalue weighted by Gasteiger charge is -2.09. The second kappa shape index (κ2) is 4.52. The summed E-state index contributed by atoms with van der Waals surface area (Å²) in [5.41, 5.74) is 6.50. The first kappa shape index (κ1) is 13.0. The Labute approximate surface area is 120 Å². The van der Waals surface area contributed by atoms with Gasteiger partial charge in [-0.3, -0.25) is 4.57 Å². The van der Waals surface area contributed by atoms with Crippen molar-refractivity contribution in [1.29, 1.82) is 0 Å². The van der Waals surface area contributed by atoms with Gasteiger partial charge in [0.25, 0.3) is 0 Å².